The van der Waals surface area contributed by atoms with Crippen LogP contribution in [0.15, 0.2) is 18.2 Å². The summed E-state index contributed by atoms with van der Waals surface area (Å²) in [5.41, 5.74) is 0.00273. The van der Waals surface area contributed by atoms with Crippen LogP contribution in [0.5, 0.6) is 5.75 Å². The third kappa shape index (κ3) is 2.37. The van der Waals surface area contributed by atoms with Crippen LogP contribution in [0, 0.1) is 5.41 Å². The van der Waals surface area contributed by atoms with Crippen LogP contribution in [0.2, 0.25) is 5.02 Å². The molecule has 120 valence electrons. The largest absolute Gasteiger partial charge is 0.507 e. The number of phenols is 1. The molecule has 0 radical (unpaired) electrons. The molecule has 0 unspecified atom stereocenters. The van der Waals surface area contributed by atoms with Gasteiger partial charge in [-0.25, -0.2) is 0 Å². The predicted molar refractivity (Wildman–Crippen MR) is 82.1 cm³/mol. The summed E-state index contributed by atoms with van der Waals surface area (Å²) in [6.45, 7) is 1.09. The number of nitrogens with zero attached hydrogens (tertiary/aromatic N) is 1. The van der Waals surface area contributed by atoms with E-state index in [0.29, 0.717) is 37.4 Å². The van der Waals surface area contributed by atoms with E-state index >= 15 is 0 Å². The Morgan fingerprint density at radius 2 is 2.09 bits per heavy atom. The van der Waals surface area contributed by atoms with Gasteiger partial charge < -0.3 is 19.8 Å². The number of amides is 1. The molecule has 0 aromatic heterocycles. The molecule has 1 aromatic rings. The van der Waals surface area contributed by atoms with Crippen molar-refractivity contribution in [3.63, 3.8) is 0 Å². The van der Waals surface area contributed by atoms with E-state index in [1.807, 2.05) is 0 Å². The second-order valence-electron chi connectivity index (χ2n) is 6.16. The zero-order chi connectivity index (χ0) is 15.9. The number of aromatic hydroxyl groups is 1. The van der Waals surface area contributed by atoms with Gasteiger partial charge in [-0.3, -0.25) is 4.79 Å². The van der Waals surface area contributed by atoms with Crippen molar-refractivity contribution >= 4 is 17.5 Å². The Kier molecular flexibility index (Phi) is 4.05. The summed E-state index contributed by atoms with van der Waals surface area (Å²) < 4.78 is 5.44. The van der Waals surface area contributed by atoms with E-state index in [9.17, 15) is 15.0 Å². The van der Waals surface area contributed by atoms with E-state index in [4.69, 9.17) is 16.3 Å². The average molecular weight is 326 g/mol. The maximum atomic E-state index is 12.5. The highest BCUT2D eigenvalue weighted by atomic mass is 35.5. The molecule has 5 nitrogen and oxygen atoms in total. The van der Waals surface area contributed by atoms with Crippen LogP contribution in [0.4, 0.5) is 0 Å². The summed E-state index contributed by atoms with van der Waals surface area (Å²) in [4.78, 5) is 14.2. The minimum absolute atomic E-state index is 0.0619. The number of methoxy groups -OCH3 is 1. The topological polar surface area (TPSA) is 70.0 Å². The Morgan fingerprint density at radius 1 is 1.41 bits per heavy atom. The standard InChI is InChI=1S/C16H20ClNO4/c1-22-14-9-13(20)16(14)4-6-18(7-5-16)15(21)11-8-10(17)2-3-12(11)19/h2-3,8,13-14,19-20H,4-7,9H2,1H3/t13-,14+/m0/s1. The number of halogens is 1. The van der Waals surface area contributed by atoms with Gasteiger partial charge in [0.25, 0.3) is 5.91 Å². The Balaban J connectivity index is 1.71. The van der Waals surface area contributed by atoms with Crippen LogP contribution in [0.25, 0.3) is 0 Å². The van der Waals surface area contributed by atoms with Crippen molar-refractivity contribution in [2.24, 2.45) is 5.41 Å². The number of aliphatic hydroxyl groups excluding tert-OH is 1. The lowest BCUT2D eigenvalue weighted by Crippen LogP contribution is -2.62. The van der Waals surface area contributed by atoms with E-state index in [-0.39, 0.29) is 34.8 Å². The van der Waals surface area contributed by atoms with Crippen LogP contribution in [-0.4, -0.2) is 53.4 Å². The minimum Gasteiger partial charge on any atom is -0.507 e. The first kappa shape index (κ1) is 15.6. The van der Waals surface area contributed by atoms with E-state index in [1.54, 1.807) is 18.1 Å². The lowest BCUT2D eigenvalue weighted by atomic mass is 9.58. The molecular formula is C16H20ClNO4. The number of aliphatic hydroxyl groups is 1. The molecule has 3 rings (SSSR count). The van der Waals surface area contributed by atoms with Crippen molar-refractivity contribution in [3.05, 3.63) is 28.8 Å². The van der Waals surface area contributed by atoms with E-state index in [0.717, 1.165) is 0 Å². The first-order chi connectivity index (χ1) is 10.5. The molecule has 2 atom stereocenters. The molecule has 1 amide bonds. The van der Waals surface area contributed by atoms with E-state index in [1.165, 1.54) is 12.1 Å². The number of benzene rings is 1. The molecule has 2 aliphatic rings. The van der Waals surface area contributed by atoms with Gasteiger partial charge >= 0.3 is 0 Å². The number of rotatable bonds is 2. The van der Waals surface area contributed by atoms with Gasteiger partial charge in [-0.2, -0.15) is 0 Å². The molecule has 1 heterocycles. The Hall–Kier alpha value is -1.30. The van der Waals surface area contributed by atoms with Gasteiger partial charge in [0.05, 0.1) is 17.8 Å². The van der Waals surface area contributed by atoms with Crippen molar-refractivity contribution in [1.82, 2.24) is 4.90 Å². The van der Waals surface area contributed by atoms with Gasteiger partial charge in [0.2, 0.25) is 0 Å². The lowest BCUT2D eigenvalue weighted by molar-refractivity contribution is -0.199. The molecule has 1 saturated heterocycles. The van der Waals surface area contributed by atoms with Gasteiger partial charge in [0, 0.05) is 37.1 Å². The summed E-state index contributed by atoms with van der Waals surface area (Å²) in [7, 11) is 1.67. The smallest absolute Gasteiger partial charge is 0.257 e. The predicted octanol–water partition coefficient (Wildman–Crippen LogP) is 2.05. The number of piperidine rings is 1. The van der Waals surface area contributed by atoms with Gasteiger partial charge in [0.1, 0.15) is 5.75 Å². The zero-order valence-corrected chi connectivity index (χ0v) is 13.2. The summed E-state index contributed by atoms with van der Waals surface area (Å²) in [5.74, 6) is -0.286. The fourth-order valence-corrected chi connectivity index (χ4v) is 3.86. The van der Waals surface area contributed by atoms with Gasteiger partial charge in [-0.1, -0.05) is 11.6 Å². The number of hydrogen-bond donors (Lipinski definition) is 2. The summed E-state index contributed by atoms with van der Waals surface area (Å²) in [6.07, 6.45) is 1.80. The molecule has 1 saturated carbocycles. The second kappa shape index (κ2) is 5.72. The fraction of sp³-hybridized carbons (Fsp3) is 0.562. The number of carbonyl (C=O) groups excluding carboxylic acids is 1. The second-order valence-corrected chi connectivity index (χ2v) is 6.60. The maximum absolute atomic E-state index is 12.5. The maximum Gasteiger partial charge on any atom is 0.257 e. The Labute approximate surface area is 134 Å². The van der Waals surface area contributed by atoms with Crippen LogP contribution in [0.3, 0.4) is 0 Å². The quantitative estimate of drug-likeness (QED) is 0.873. The normalized spacial score (nSPS) is 26.8. The van der Waals surface area contributed by atoms with Crippen molar-refractivity contribution in [2.45, 2.75) is 31.5 Å². The number of phenolic OH excluding ortho intramolecular Hbond substituents is 1. The average Bonchev–Trinajstić information content (AvgIpc) is 2.54. The van der Waals surface area contributed by atoms with Gasteiger partial charge in [-0.05, 0) is 31.0 Å². The SMILES string of the molecule is CO[C@@H]1C[C@H](O)C12CCN(C(=O)c1cc(Cl)ccc1O)CC2. The molecule has 6 heteroatoms. The minimum atomic E-state index is -0.353. The summed E-state index contributed by atoms with van der Waals surface area (Å²) in [5, 5.41) is 20.4. The Bertz CT molecular complexity index is 584. The number of ether oxygens (including phenoxy) is 1. The first-order valence-corrected chi connectivity index (χ1v) is 7.84. The Morgan fingerprint density at radius 3 is 2.68 bits per heavy atom. The zero-order valence-electron chi connectivity index (χ0n) is 12.5. The van der Waals surface area contributed by atoms with Crippen LogP contribution >= 0.6 is 11.6 Å². The summed E-state index contributed by atoms with van der Waals surface area (Å²) in [6, 6.07) is 4.46. The van der Waals surface area contributed by atoms with Gasteiger partial charge in [0.15, 0.2) is 0 Å². The summed E-state index contributed by atoms with van der Waals surface area (Å²) >= 11 is 5.90. The number of likely N-dealkylation sites (tertiary alicyclic amines) is 1. The molecule has 2 N–H and O–H groups in total. The van der Waals surface area contributed by atoms with Crippen molar-refractivity contribution in [1.29, 1.82) is 0 Å². The number of carbonyl (C=O) groups is 1. The molecule has 1 aliphatic carbocycles. The molecule has 0 bridgehead atoms. The molecule has 1 spiro atoms. The highest BCUT2D eigenvalue weighted by Gasteiger charge is 2.56. The van der Waals surface area contributed by atoms with Gasteiger partial charge in [-0.15, -0.1) is 0 Å². The fourth-order valence-electron chi connectivity index (χ4n) is 3.69. The van der Waals surface area contributed by atoms with E-state index < -0.39 is 0 Å². The first-order valence-electron chi connectivity index (χ1n) is 7.46. The van der Waals surface area contributed by atoms with Crippen molar-refractivity contribution < 1.29 is 19.7 Å². The van der Waals surface area contributed by atoms with Crippen LogP contribution in [-0.2, 0) is 4.74 Å². The van der Waals surface area contributed by atoms with Crippen LogP contribution in [0.1, 0.15) is 29.6 Å². The molecule has 1 aliphatic heterocycles. The number of hydrogen-bond acceptors (Lipinski definition) is 4. The van der Waals surface area contributed by atoms with Crippen molar-refractivity contribution in [2.75, 3.05) is 20.2 Å². The molecule has 22 heavy (non-hydrogen) atoms. The highest BCUT2D eigenvalue weighted by molar-refractivity contribution is 6.31. The van der Waals surface area contributed by atoms with E-state index in [2.05, 4.69) is 0 Å². The van der Waals surface area contributed by atoms with Crippen LogP contribution < -0.4 is 0 Å². The third-order valence-corrected chi connectivity index (χ3v) is 5.43. The lowest BCUT2D eigenvalue weighted by Gasteiger charge is -2.56. The molecular weight excluding hydrogens is 306 g/mol. The third-order valence-electron chi connectivity index (χ3n) is 5.20. The highest BCUT2D eigenvalue weighted by Crippen LogP contribution is 2.50. The monoisotopic (exact) mass is 325 g/mol. The van der Waals surface area contributed by atoms with Crippen molar-refractivity contribution in [3.8, 4) is 5.75 Å². The molecule has 2 fully saturated rings. The molecule has 1 aromatic carbocycles.